The number of aromatic nitrogens is 1. The number of anilines is 1. The highest BCUT2D eigenvalue weighted by Crippen LogP contribution is 2.30. The number of aryl methyl sites for hydroxylation is 1. The first-order valence-corrected chi connectivity index (χ1v) is 6.25. The third kappa shape index (κ3) is 2.69. The first-order valence-electron chi connectivity index (χ1n) is 5.87. The summed E-state index contributed by atoms with van der Waals surface area (Å²) in [5.74, 6) is -0.0613. The largest absolute Gasteiger partial charge is 0.383 e. The molecular formula is C14H15ClFN3. The minimum absolute atomic E-state index is 0.0944. The second-order valence-electron chi connectivity index (χ2n) is 4.35. The molecule has 0 aliphatic heterocycles. The van der Waals surface area contributed by atoms with Gasteiger partial charge in [0.25, 0.3) is 0 Å². The molecule has 1 aromatic carbocycles. The SMILES string of the molecule is CNC(c1cc(C)cnc1N)c1cccc(Cl)c1F. The maximum atomic E-state index is 14.1. The molecule has 0 radical (unpaired) electrons. The Morgan fingerprint density at radius 3 is 2.79 bits per heavy atom. The first kappa shape index (κ1) is 13.8. The fraction of sp³-hybridized carbons (Fsp3) is 0.214. The van der Waals surface area contributed by atoms with Crippen LogP contribution in [0.1, 0.15) is 22.7 Å². The molecular weight excluding hydrogens is 265 g/mol. The third-order valence-corrected chi connectivity index (χ3v) is 3.27. The van der Waals surface area contributed by atoms with E-state index in [1.807, 2.05) is 13.0 Å². The summed E-state index contributed by atoms with van der Waals surface area (Å²) < 4.78 is 14.1. The molecule has 0 aliphatic rings. The lowest BCUT2D eigenvalue weighted by atomic mass is 9.98. The van der Waals surface area contributed by atoms with Gasteiger partial charge in [0.2, 0.25) is 0 Å². The maximum absolute atomic E-state index is 14.1. The summed E-state index contributed by atoms with van der Waals surface area (Å²) in [4.78, 5) is 4.11. The molecule has 1 unspecified atom stereocenters. The summed E-state index contributed by atoms with van der Waals surface area (Å²) in [7, 11) is 1.74. The molecule has 3 N–H and O–H groups in total. The van der Waals surface area contributed by atoms with Crippen molar-refractivity contribution in [1.82, 2.24) is 10.3 Å². The molecule has 1 atom stereocenters. The standard InChI is InChI=1S/C14H15ClFN3/c1-8-6-10(14(17)19-7-8)13(18-2)9-4-3-5-11(15)12(9)16/h3-7,13,18H,1-2H3,(H2,17,19). The highest BCUT2D eigenvalue weighted by Gasteiger charge is 2.20. The normalized spacial score (nSPS) is 12.4. The van der Waals surface area contributed by atoms with Crippen LogP contribution < -0.4 is 11.1 Å². The molecule has 2 aromatic rings. The van der Waals surface area contributed by atoms with Crippen LogP contribution in [0.4, 0.5) is 10.2 Å². The molecule has 0 aliphatic carbocycles. The molecule has 3 nitrogen and oxygen atoms in total. The number of benzene rings is 1. The van der Waals surface area contributed by atoms with E-state index in [1.54, 1.807) is 25.4 Å². The molecule has 1 heterocycles. The fourth-order valence-electron chi connectivity index (χ4n) is 2.06. The van der Waals surface area contributed by atoms with Crippen molar-refractivity contribution in [2.75, 3.05) is 12.8 Å². The number of nitrogens with two attached hydrogens (primary N) is 1. The minimum Gasteiger partial charge on any atom is -0.383 e. The summed E-state index contributed by atoms with van der Waals surface area (Å²) in [5, 5.41) is 3.15. The van der Waals surface area contributed by atoms with Crippen LogP contribution in [0.15, 0.2) is 30.5 Å². The Hall–Kier alpha value is -1.65. The number of rotatable bonds is 3. The van der Waals surface area contributed by atoms with E-state index in [0.29, 0.717) is 11.4 Å². The fourth-order valence-corrected chi connectivity index (χ4v) is 2.24. The van der Waals surface area contributed by atoms with Gasteiger partial charge >= 0.3 is 0 Å². The number of nitrogens with one attached hydrogen (secondary N) is 1. The molecule has 5 heteroatoms. The van der Waals surface area contributed by atoms with Gasteiger partial charge in [-0.15, -0.1) is 0 Å². The molecule has 0 bridgehead atoms. The number of nitrogen functional groups attached to an aromatic ring is 1. The van der Waals surface area contributed by atoms with Crippen LogP contribution in [0, 0.1) is 12.7 Å². The molecule has 0 saturated carbocycles. The summed E-state index contributed by atoms with van der Waals surface area (Å²) in [6.45, 7) is 1.91. The van der Waals surface area contributed by atoms with E-state index in [-0.39, 0.29) is 11.1 Å². The van der Waals surface area contributed by atoms with Gasteiger partial charge in [0.1, 0.15) is 11.6 Å². The molecule has 1 aromatic heterocycles. The molecule has 19 heavy (non-hydrogen) atoms. The second-order valence-corrected chi connectivity index (χ2v) is 4.76. The van der Waals surface area contributed by atoms with Gasteiger partial charge in [-0.2, -0.15) is 0 Å². The van der Waals surface area contributed by atoms with Crippen molar-refractivity contribution in [2.45, 2.75) is 13.0 Å². The van der Waals surface area contributed by atoms with Crippen LogP contribution in [0.2, 0.25) is 5.02 Å². The number of hydrogen-bond donors (Lipinski definition) is 2. The number of pyridine rings is 1. The summed E-state index contributed by atoms with van der Waals surface area (Å²) in [6, 6.07) is 6.43. The Morgan fingerprint density at radius 1 is 1.37 bits per heavy atom. The minimum atomic E-state index is -0.440. The lowest BCUT2D eigenvalue weighted by Crippen LogP contribution is -2.21. The van der Waals surface area contributed by atoms with E-state index in [9.17, 15) is 4.39 Å². The van der Waals surface area contributed by atoms with E-state index in [4.69, 9.17) is 17.3 Å². The number of nitrogens with zero attached hydrogens (tertiary/aromatic N) is 1. The van der Waals surface area contributed by atoms with E-state index < -0.39 is 5.82 Å². The van der Waals surface area contributed by atoms with Gasteiger partial charge < -0.3 is 11.1 Å². The van der Waals surface area contributed by atoms with E-state index in [0.717, 1.165) is 11.1 Å². The van der Waals surface area contributed by atoms with Crippen LogP contribution in [0.25, 0.3) is 0 Å². The van der Waals surface area contributed by atoms with Crippen molar-refractivity contribution < 1.29 is 4.39 Å². The second kappa shape index (κ2) is 5.55. The van der Waals surface area contributed by atoms with Gasteiger partial charge in [-0.25, -0.2) is 9.37 Å². The van der Waals surface area contributed by atoms with Crippen LogP contribution in [-0.4, -0.2) is 12.0 Å². The van der Waals surface area contributed by atoms with Gasteiger partial charge in [-0.05, 0) is 31.7 Å². The van der Waals surface area contributed by atoms with E-state index in [1.165, 1.54) is 6.07 Å². The van der Waals surface area contributed by atoms with Crippen molar-refractivity contribution in [1.29, 1.82) is 0 Å². The van der Waals surface area contributed by atoms with Crippen LogP contribution in [0.5, 0.6) is 0 Å². The quantitative estimate of drug-likeness (QED) is 0.908. The monoisotopic (exact) mass is 279 g/mol. The highest BCUT2D eigenvalue weighted by molar-refractivity contribution is 6.30. The zero-order valence-corrected chi connectivity index (χ0v) is 11.5. The first-order chi connectivity index (χ1) is 9.04. The van der Waals surface area contributed by atoms with Crippen LogP contribution in [0.3, 0.4) is 0 Å². The van der Waals surface area contributed by atoms with Crippen molar-refractivity contribution in [2.24, 2.45) is 0 Å². The number of hydrogen-bond acceptors (Lipinski definition) is 3. The highest BCUT2D eigenvalue weighted by atomic mass is 35.5. The van der Waals surface area contributed by atoms with Gasteiger partial charge in [0.05, 0.1) is 11.1 Å². The molecule has 100 valence electrons. The van der Waals surface area contributed by atoms with Crippen molar-refractivity contribution in [3.8, 4) is 0 Å². The lowest BCUT2D eigenvalue weighted by Gasteiger charge is -2.20. The smallest absolute Gasteiger partial charge is 0.146 e. The topological polar surface area (TPSA) is 50.9 Å². The van der Waals surface area contributed by atoms with Crippen molar-refractivity contribution >= 4 is 17.4 Å². The predicted molar refractivity (Wildman–Crippen MR) is 75.7 cm³/mol. The molecule has 0 spiro atoms. The summed E-state index contributed by atoms with van der Waals surface area (Å²) in [5.41, 5.74) is 8.04. The van der Waals surface area contributed by atoms with E-state index in [2.05, 4.69) is 10.3 Å². The Balaban J connectivity index is 2.56. The Bertz CT molecular complexity index is 599. The summed E-state index contributed by atoms with van der Waals surface area (Å²) in [6.07, 6.45) is 1.68. The molecule has 0 saturated heterocycles. The lowest BCUT2D eigenvalue weighted by molar-refractivity contribution is 0.576. The van der Waals surface area contributed by atoms with Crippen LogP contribution in [-0.2, 0) is 0 Å². The van der Waals surface area contributed by atoms with Crippen molar-refractivity contribution in [3.63, 3.8) is 0 Å². The van der Waals surface area contributed by atoms with Gasteiger partial charge in [0.15, 0.2) is 0 Å². The number of halogens is 2. The zero-order chi connectivity index (χ0) is 14.0. The molecule has 2 rings (SSSR count). The molecule has 0 fully saturated rings. The average Bonchev–Trinajstić information content (AvgIpc) is 2.39. The molecule has 0 amide bonds. The van der Waals surface area contributed by atoms with E-state index >= 15 is 0 Å². The van der Waals surface area contributed by atoms with Crippen molar-refractivity contribution in [3.05, 3.63) is 58.0 Å². The maximum Gasteiger partial charge on any atom is 0.146 e. The third-order valence-electron chi connectivity index (χ3n) is 2.98. The average molecular weight is 280 g/mol. The predicted octanol–water partition coefficient (Wildman–Crippen LogP) is 3.07. The zero-order valence-electron chi connectivity index (χ0n) is 10.7. The van der Waals surface area contributed by atoms with Gasteiger partial charge in [0, 0.05) is 17.3 Å². The van der Waals surface area contributed by atoms with Gasteiger partial charge in [-0.3, -0.25) is 0 Å². The summed E-state index contributed by atoms with van der Waals surface area (Å²) >= 11 is 5.82. The van der Waals surface area contributed by atoms with Crippen LogP contribution >= 0.6 is 11.6 Å². The Kier molecular flexibility index (Phi) is 4.02. The van der Waals surface area contributed by atoms with Gasteiger partial charge in [-0.1, -0.05) is 23.7 Å². The Morgan fingerprint density at radius 2 is 2.11 bits per heavy atom. The Labute approximate surface area is 116 Å².